The molecule has 0 aliphatic rings. The third-order valence-corrected chi connectivity index (χ3v) is 1.82. The Hall–Kier alpha value is -0.600. The second-order valence-electron chi connectivity index (χ2n) is 2.65. The highest BCUT2D eigenvalue weighted by Gasteiger charge is 2.26. The molecule has 0 aliphatic carbocycles. The average Bonchev–Trinajstić information content (AvgIpc) is 2.20. The Morgan fingerprint density at radius 1 is 1.15 bits per heavy atom. The summed E-state index contributed by atoms with van der Waals surface area (Å²) in [5.74, 6) is -0.581. The molecule has 0 bridgehead atoms. The van der Waals surface area contributed by atoms with Gasteiger partial charge in [0.05, 0.1) is 13.2 Å². The second kappa shape index (κ2) is 6.87. The summed E-state index contributed by atoms with van der Waals surface area (Å²) in [6.07, 6.45) is 6.13. The molecule has 0 aliphatic heterocycles. The molecule has 0 spiro atoms. The van der Waals surface area contributed by atoms with E-state index in [1.807, 2.05) is 20.3 Å². The molecular formula is C11H19O2. The predicted molar refractivity (Wildman–Crippen MR) is 55.3 cm³/mol. The Labute approximate surface area is 81.2 Å². The van der Waals surface area contributed by atoms with Crippen LogP contribution < -0.4 is 0 Å². The van der Waals surface area contributed by atoms with Crippen molar-refractivity contribution in [2.24, 2.45) is 0 Å². The summed E-state index contributed by atoms with van der Waals surface area (Å²) in [5.41, 5.74) is 0. The van der Waals surface area contributed by atoms with E-state index < -0.39 is 5.79 Å². The molecule has 0 saturated heterocycles. The fraction of sp³-hybridized carbons (Fsp3) is 0.545. The van der Waals surface area contributed by atoms with Gasteiger partial charge in [0.15, 0.2) is 5.79 Å². The maximum absolute atomic E-state index is 5.54. The van der Waals surface area contributed by atoms with E-state index in [0.29, 0.717) is 13.2 Å². The summed E-state index contributed by atoms with van der Waals surface area (Å²) < 4.78 is 11.1. The molecule has 0 rings (SSSR count). The van der Waals surface area contributed by atoms with Crippen LogP contribution in [-0.4, -0.2) is 19.0 Å². The molecule has 13 heavy (non-hydrogen) atoms. The van der Waals surface area contributed by atoms with Crippen molar-refractivity contribution in [1.82, 2.24) is 0 Å². The molecule has 0 aromatic heterocycles. The summed E-state index contributed by atoms with van der Waals surface area (Å²) in [4.78, 5) is 0. The van der Waals surface area contributed by atoms with Crippen LogP contribution in [0.4, 0.5) is 0 Å². The Morgan fingerprint density at radius 3 is 1.85 bits per heavy atom. The van der Waals surface area contributed by atoms with Crippen molar-refractivity contribution in [3.8, 4) is 0 Å². The van der Waals surface area contributed by atoms with Gasteiger partial charge in [0.1, 0.15) is 0 Å². The van der Waals surface area contributed by atoms with Crippen molar-refractivity contribution in [3.05, 3.63) is 31.7 Å². The minimum Gasteiger partial charge on any atom is -0.346 e. The van der Waals surface area contributed by atoms with Crippen LogP contribution in [0.1, 0.15) is 20.3 Å². The monoisotopic (exact) mass is 183 g/mol. The molecule has 0 saturated carbocycles. The number of ether oxygens (including phenoxy) is 2. The van der Waals surface area contributed by atoms with Crippen molar-refractivity contribution < 1.29 is 9.47 Å². The van der Waals surface area contributed by atoms with Crippen LogP contribution in [0.5, 0.6) is 0 Å². The van der Waals surface area contributed by atoms with Crippen LogP contribution in [0.3, 0.4) is 0 Å². The highest BCUT2D eigenvalue weighted by molar-refractivity contribution is 4.84. The van der Waals surface area contributed by atoms with Crippen molar-refractivity contribution in [3.63, 3.8) is 0 Å². The maximum Gasteiger partial charge on any atom is 0.171 e. The Bertz CT molecular complexity index is 134. The van der Waals surface area contributed by atoms with Gasteiger partial charge < -0.3 is 9.47 Å². The zero-order chi connectivity index (χ0) is 10.2. The SMILES string of the molecule is C=CCOC([CH]C)(CC)OCC=C. The van der Waals surface area contributed by atoms with Gasteiger partial charge >= 0.3 is 0 Å². The summed E-state index contributed by atoms with van der Waals surface area (Å²) >= 11 is 0. The van der Waals surface area contributed by atoms with E-state index in [1.54, 1.807) is 12.2 Å². The van der Waals surface area contributed by atoms with E-state index >= 15 is 0 Å². The summed E-state index contributed by atoms with van der Waals surface area (Å²) in [6.45, 7) is 12.1. The van der Waals surface area contributed by atoms with Gasteiger partial charge in [-0.05, 0) is 6.42 Å². The Kier molecular flexibility index (Phi) is 6.55. The van der Waals surface area contributed by atoms with Gasteiger partial charge in [-0.2, -0.15) is 0 Å². The van der Waals surface area contributed by atoms with Crippen LogP contribution in [0, 0.1) is 6.42 Å². The molecule has 1 radical (unpaired) electrons. The molecule has 0 unspecified atom stereocenters. The number of hydrogen-bond donors (Lipinski definition) is 0. The summed E-state index contributed by atoms with van der Waals surface area (Å²) in [6, 6.07) is 0. The van der Waals surface area contributed by atoms with Gasteiger partial charge in [-0.3, -0.25) is 0 Å². The molecule has 75 valence electrons. The highest BCUT2D eigenvalue weighted by Crippen LogP contribution is 2.21. The van der Waals surface area contributed by atoms with Gasteiger partial charge in [0.2, 0.25) is 0 Å². The molecule has 0 aromatic carbocycles. The van der Waals surface area contributed by atoms with Crippen LogP contribution in [0.2, 0.25) is 0 Å². The van der Waals surface area contributed by atoms with Crippen LogP contribution in [0.15, 0.2) is 25.3 Å². The smallest absolute Gasteiger partial charge is 0.171 e. The Morgan fingerprint density at radius 2 is 1.62 bits per heavy atom. The summed E-state index contributed by atoms with van der Waals surface area (Å²) in [5, 5.41) is 0. The molecule has 0 heterocycles. The zero-order valence-corrected chi connectivity index (χ0v) is 8.58. The van der Waals surface area contributed by atoms with Crippen LogP contribution in [0.25, 0.3) is 0 Å². The van der Waals surface area contributed by atoms with Crippen molar-refractivity contribution >= 4 is 0 Å². The lowest BCUT2D eigenvalue weighted by Crippen LogP contribution is -2.35. The molecule has 2 heteroatoms. The van der Waals surface area contributed by atoms with Gasteiger partial charge in [-0.15, -0.1) is 13.2 Å². The quantitative estimate of drug-likeness (QED) is 0.425. The van der Waals surface area contributed by atoms with E-state index in [2.05, 4.69) is 13.2 Å². The summed E-state index contributed by atoms with van der Waals surface area (Å²) in [7, 11) is 0. The van der Waals surface area contributed by atoms with Crippen LogP contribution >= 0.6 is 0 Å². The van der Waals surface area contributed by atoms with Crippen molar-refractivity contribution in [1.29, 1.82) is 0 Å². The van der Waals surface area contributed by atoms with E-state index in [9.17, 15) is 0 Å². The maximum atomic E-state index is 5.54. The van der Waals surface area contributed by atoms with E-state index in [4.69, 9.17) is 9.47 Å². The second-order valence-corrected chi connectivity index (χ2v) is 2.65. The third-order valence-electron chi connectivity index (χ3n) is 1.82. The first-order valence-electron chi connectivity index (χ1n) is 4.55. The molecule has 0 fully saturated rings. The standard InChI is InChI=1S/C11H19O2/c1-5-9-12-11(7-3,8-4)13-10-6-2/h5-7H,1-2,8-10H2,3-4H3. The third kappa shape index (κ3) is 4.25. The van der Waals surface area contributed by atoms with Crippen molar-refractivity contribution in [2.75, 3.05) is 13.2 Å². The molecule has 0 atom stereocenters. The average molecular weight is 183 g/mol. The fourth-order valence-corrected chi connectivity index (χ4v) is 1.02. The zero-order valence-electron chi connectivity index (χ0n) is 8.58. The minimum atomic E-state index is -0.581. The van der Waals surface area contributed by atoms with Gasteiger partial charge in [-0.25, -0.2) is 0 Å². The number of rotatable bonds is 8. The first-order chi connectivity index (χ1) is 6.24. The number of hydrogen-bond acceptors (Lipinski definition) is 2. The van der Waals surface area contributed by atoms with E-state index in [0.717, 1.165) is 6.42 Å². The van der Waals surface area contributed by atoms with E-state index in [-0.39, 0.29) is 0 Å². The lowest BCUT2D eigenvalue weighted by Gasteiger charge is -2.30. The molecule has 0 aromatic rings. The lowest BCUT2D eigenvalue weighted by atomic mass is 10.1. The topological polar surface area (TPSA) is 18.5 Å². The molecular weight excluding hydrogens is 164 g/mol. The van der Waals surface area contributed by atoms with Gasteiger partial charge in [0.25, 0.3) is 0 Å². The lowest BCUT2D eigenvalue weighted by molar-refractivity contribution is -0.203. The first kappa shape index (κ1) is 12.4. The largest absolute Gasteiger partial charge is 0.346 e. The normalized spacial score (nSPS) is 11.2. The molecule has 0 amide bonds. The van der Waals surface area contributed by atoms with Crippen LogP contribution in [-0.2, 0) is 9.47 Å². The van der Waals surface area contributed by atoms with Gasteiger partial charge in [-0.1, -0.05) is 26.0 Å². The fourth-order valence-electron chi connectivity index (χ4n) is 1.02. The van der Waals surface area contributed by atoms with Crippen molar-refractivity contribution in [2.45, 2.75) is 26.1 Å². The molecule has 2 nitrogen and oxygen atoms in total. The predicted octanol–water partition coefficient (Wildman–Crippen LogP) is 2.72. The van der Waals surface area contributed by atoms with Gasteiger partial charge in [0, 0.05) is 6.42 Å². The highest BCUT2D eigenvalue weighted by atomic mass is 16.7. The molecule has 0 N–H and O–H groups in total. The minimum absolute atomic E-state index is 0.495. The van der Waals surface area contributed by atoms with E-state index in [1.165, 1.54) is 0 Å². The Balaban J connectivity index is 4.11. The first-order valence-corrected chi connectivity index (χ1v) is 4.55.